The predicted octanol–water partition coefficient (Wildman–Crippen LogP) is 2.57. The smallest absolute Gasteiger partial charge is 0.364 e. The maximum Gasteiger partial charge on any atom is 0.416 e. The van der Waals surface area contributed by atoms with Gasteiger partial charge in [0.1, 0.15) is 0 Å². The van der Waals surface area contributed by atoms with Crippen molar-refractivity contribution in [2.75, 3.05) is 20.1 Å². The van der Waals surface area contributed by atoms with Gasteiger partial charge in [0.2, 0.25) is 0 Å². The maximum atomic E-state index is 12.9. The Morgan fingerprint density at radius 1 is 1.24 bits per heavy atom. The number of hydrogen-bond donors (Lipinski definition) is 1. The monoisotopic (exact) mass is 409 g/mol. The number of likely N-dealkylation sites (tertiary alicyclic amines) is 1. The van der Waals surface area contributed by atoms with Gasteiger partial charge in [-0.1, -0.05) is 18.2 Å². The number of nitrogens with zero attached hydrogens (tertiary/aromatic N) is 4. The van der Waals surface area contributed by atoms with E-state index in [4.69, 9.17) is 5.73 Å². The van der Waals surface area contributed by atoms with Crippen LogP contribution in [0.25, 0.3) is 0 Å². The van der Waals surface area contributed by atoms with Crippen LogP contribution < -0.4 is 5.73 Å². The standard InChI is InChI=1S/C19H22F3N5O2/c1-25(12-13-3-2-4-14(11-13)19(20,21)22)15-5-8-26(9-6-15)18(29)27-10-7-16(24-27)17(23)28/h2-4,7,10-11,15H,5-6,8-9,12H2,1H3,(H2,23,28). The fourth-order valence-electron chi connectivity index (χ4n) is 3.47. The summed E-state index contributed by atoms with van der Waals surface area (Å²) in [5, 5.41) is 3.87. The first kappa shape index (κ1) is 20.8. The van der Waals surface area contributed by atoms with Crippen molar-refractivity contribution in [1.29, 1.82) is 0 Å². The van der Waals surface area contributed by atoms with E-state index in [2.05, 4.69) is 5.10 Å². The number of amides is 2. The van der Waals surface area contributed by atoms with Crippen LogP contribution in [0.5, 0.6) is 0 Å². The van der Waals surface area contributed by atoms with Gasteiger partial charge in [0, 0.05) is 31.9 Å². The van der Waals surface area contributed by atoms with Gasteiger partial charge in [0.15, 0.2) is 5.69 Å². The molecule has 1 aromatic heterocycles. The molecule has 0 unspecified atom stereocenters. The highest BCUT2D eigenvalue weighted by Crippen LogP contribution is 2.30. The normalized spacial score (nSPS) is 15.7. The van der Waals surface area contributed by atoms with Gasteiger partial charge < -0.3 is 10.6 Å². The molecule has 29 heavy (non-hydrogen) atoms. The van der Waals surface area contributed by atoms with Crippen LogP contribution in [0.4, 0.5) is 18.0 Å². The summed E-state index contributed by atoms with van der Waals surface area (Å²) in [5.74, 6) is -0.702. The highest BCUT2D eigenvalue weighted by Gasteiger charge is 2.31. The molecule has 0 atom stereocenters. The molecule has 2 heterocycles. The molecule has 7 nitrogen and oxygen atoms in total. The second-order valence-corrected chi connectivity index (χ2v) is 7.12. The predicted molar refractivity (Wildman–Crippen MR) is 99.0 cm³/mol. The number of benzene rings is 1. The van der Waals surface area contributed by atoms with E-state index in [-0.39, 0.29) is 17.8 Å². The second-order valence-electron chi connectivity index (χ2n) is 7.12. The quantitative estimate of drug-likeness (QED) is 0.841. The van der Waals surface area contributed by atoms with Gasteiger partial charge in [0.05, 0.1) is 5.56 Å². The van der Waals surface area contributed by atoms with Crippen LogP contribution in [0.15, 0.2) is 36.5 Å². The number of hydrogen-bond acceptors (Lipinski definition) is 4. The SMILES string of the molecule is CN(Cc1cccc(C(F)(F)F)c1)C1CCN(C(=O)n2ccc(C(N)=O)n2)CC1. The van der Waals surface area contributed by atoms with E-state index < -0.39 is 17.6 Å². The average Bonchev–Trinajstić information content (AvgIpc) is 3.17. The van der Waals surface area contributed by atoms with Gasteiger partial charge in [0.25, 0.3) is 5.91 Å². The lowest BCUT2D eigenvalue weighted by Crippen LogP contribution is -2.46. The van der Waals surface area contributed by atoms with Crippen LogP contribution >= 0.6 is 0 Å². The minimum absolute atomic E-state index is 0.0223. The van der Waals surface area contributed by atoms with E-state index in [1.165, 1.54) is 24.4 Å². The molecule has 0 spiro atoms. The minimum atomic E-state index is -4.36. The highest BCUT2D eigenvalue weighted by atomic mass is 19.4. The summed E-state index contributed by atoms with van der Waals surface area (Å²) >= 11 is 0. The Labute approximate surface area is 165 Å². The number of piperidine rings is 1. The lowest BCUT2D eigenvalue weighted by Gasteiger charge is -2.36. The molecule has 0 bridgehead atoms. The third-order valence-electron chi connectivity index (χ3n) is 5.08. The summed E-state index contributed by atoms with van der Waals surface area (Å²) in [5.41, 5.74) is 5.11. The van der Waals surface area contributed by atoms with Crippen LogP contribution in [-0.4, -0.2) is 57.7 Å². The van der Waals surface area contributed by atoms with Crippen LogP contribution in [0.1, 0.15) is 34.5 Å². The average molecular weight is 409 g/mol. The molecule has 0 aliphatic carbocycles. The molecule has 2 aromatic rings. The molecular weight excluding hydrogens is 387 g/mol. The van der Waals surface area contributed by atoms with E-state index in [0.29, 0.717) is 38.0 Å². The van der Waals surface area contributed by atoms with Crippen LogP contribution in [-0.2, 0) is 12.7 Å². The van der Waals surface area contributed by atoms with Crippen molar-refractivity contribution in [3.8, 4) is 0 Å². The number of carbonyl (C=O) groups excluding carboxylic acids is 2. The number of aromatic nitrogens is 2. The lowest BCUT2D eigenvalue weighted by molar-refractivity contribution is -0.137. The van der Waals surface area contributed by atoms with Crippen molar-refractivity contribution >= 4 is 11.9 Å². The molecular formula is C19H22F3N5O2. The van der Waals surface area contributed by atoms with Crippen LogP contribution in [0.3, 0.4) is 0 Å². The molecule has 156 valence electrons. The molecule has 1 fully saturated rings. The summed E-state index contributed by atoms with van der Waals surface area (Å²) in [6, 6.07) is 6.52. The first-order chi connectivity index (χ1) is 13.6. The fourth-order valence-corrected chi connectivity index (χ4v) is 3.47. The van der Waals surface area contributed by atoms with Crippen molar-refractivity contribution in [2.45, 2.75) is 31.6 Å². The highest BCUT2D eigenvalue weighted by molar-refractivity contribution is 5.91. The van der Waals surface area contributed by atoms with Gasteiger partial charge in [-0.15, -0.1) is 0 Å². The minimum Gasteiger partial charge on any atom is -0.364 e. The summed E-state index contributed by atoms with van der Waals surface area (Å²) in [6.45, 7) is 1.37. The molecule has 1 saturated heterocycles. The van der Waals surface area contributed by atoms with Crippen molar-refractivity contribution in [3.05, 3.63) is 53.3 Å². The molecule has 1 aromatic carbocycles. The number of primary amides is 1. The zero-order valence-corrected chi connectivity index (χ0v) is 15.9. The Morgan fingerprint density at radius 2 is 1.93 bits per heavy atom. The van der Waals surface area contributed by atoms with Gasteiger partial charge >= 0.3 is 12.2 Å². The van der Waals surface area contributed by atoms with E-state index in [1.807, 2.05) is 11.9 Å². The summed E-state index contributed by atoms with van der Waals surface area (Å²) < 4.78 is 39.7. The zero-order valence-electron chi connectivity index (χ0n) is 15.9. The molecule has 10 heteroatoms. The third kappa shape index (κ3) is 4.94. The largest absolute Gasteiger partial charge is 0.416 e. The lowest BCUT2D eigenvalue weighted by atomic mass is 10.0. The van der Waals surface area contributed by atoms with E-state index in [0.717, 1.165) is 10.7 Å². The van der Waals surface area contributed by atoms with Gasteiger partial charge in [-0.2, -0.15) is 23.0 Å². The topological polar surface area (TPSA) is 84.5 Å². The van der Waals surface area contributed by atoms with E-state index >= 15 is 0 Å². The van der Waals surface area contributed by atoms with Crippen molar-refractivity contribution in [2.24, 2.45) is 5.73 Å². The fraction of sp³-hybridized carbons (Fsp3) is 0.421. The van der Waals surface area contributed by atoms with Gasteiger partial charge in [-0.05, 0) is 37.6 Å². The van der Waals surface area contributed by atoms with Crippen LogP contribution in [0.2, 0.25) is 0 Å². The molecule has 1 aliphatic heterocycles. The summed E-state index contributed by atoms with van der Waals surface area (Å²) in [6.07, 6.45) is -1.59. The maximum absolute atomic E-state index is 12.9. The Kier molecular flexibility index (Phi) is 5.92. The molecule has 3 rings (SSSR count). The zero-order chi connectivity index (χ0) is 21.2. The Morgan fingerprint density at radius 3 is 2.52 bits per heavy atom. The van der Waals surface area contributed by atoms with E-state index in [1.54, 1.807) is 11.0 Å². The number of rotatable bonds is 4. The number of alkyl halides is 3. The number of carbonyl (C=O) groups is 2. The van der Waals surface area contributed by atoms with Gasteiger partial charge in [-0.25, -0.2) is 4.79 Å². The van der Waals surface area contributed by atoms with Crippen LogP contribution in [0, 0.1) is 0 Å². The summed E-state index contributed by atoms with van der Waals surface area (Å²) in [4.78, 5) is 27.2. The van der Waals surface area contributed by atoms with Gasteiger partial charge in [-0.3, -0.25) is 9.69 Å². The number of halogens is 3. The van der Waals surface area contributed by atoms with E-state index in [9.17, 15) is 22.8 Å². The Bertz CT molecular complexity index is 888. The first-order valence-electron chi connectivity index (χ1n) is 9.16. The molecule has 0 saturated carbocycles. The molecule has 2 amide bonds. The molecule has 0 radical (unpaired) electrons. The van der Waals surface area contributed by atoms with Crippen molar-refractivity contribution in [1.82, 2.24) is 19.6 Å². The molecule has 1 aliphatic rings. The Hall–Kier alpha value is -2.88. The molecule has 2 N–H and O–H groups in total. The number of nitrogens with two attached hydrogens (primary N) is 1. The summed E-state index contributed by atoms with van der Waals surface area (Å²) in [7, 11) is 1.87. The first-order valence-corrected chi connectivity index (χ1v) is 9.16. The second kappa shape index (κ2) is 8.24. The Balaban J connectivity index is 1.56. The third-order valence-corrected chi connectivity index (χ3v) is 5.08. The van der Waals surface area contributed by atoms with Crippen molar-refractivity contribution in [3.63, 3.8) is 0 Å². The van der Waals surface area contributed by atoms with Crippen molar-refractivity contribution < 1.29 is 22.8 Å².